The van der Waals surface area contributed by atoms with E-state index in [0.29, 0.717) is 19.0 Å². The van der Waals surface area contributed by atoms with Crippen molar-refractivity contribution in [3.8, 4) is 0 Å². The van der Waals surface area contributed by atoms with Crippen LogP contribution in [0.3, 0.4) is 0 Å². The molecule has 2 N–H and O–H groups in total. The highest BCUT2D eigenvalue weighted by molar-refractivity contribution is 6.30. The van der Waals surface area contributed by atoms with Crippen LogP contribution >= 0.6 is 11.6 Å². The molecule has 0 radical (unpaired) electrons. The van der Waals surface area contributed by atoms with Crippen LogP contribution in [0.2, 0.25) is 5.15 Å². The molecule has 68 valence electrons. The molecule has 0 unspecified atom stereocenters. The minimum atomic E-state index is 0.420. The molecule has 0 aliphatic carbocycles. The number of hydrogen-bond acceptors (Lipinski definition) is 2. The zero-order valence-corrected chi connectivity index (χ0v) is 8.17. The lowest BCUT2D eigenvalue weighted by Crippen LogP contribution is -2.11. The summed E-state index contributed by atoms with van der Waals surface area (Å²) in [7, 11) is 0. The third-order valence-corrected chi connectivity index (χ3v) is 2.18. The Labute approximate surface area is 77.5 Å². The normalized spacial score (nSPS) is 11.1. The monoisotopic (exact) mass is 187 g/mol. The minimum Gasteiger partial charge on any atom is -0.329 e. The maximum atomic E-state index is 6.04. The first-order valence-corrected chi connectivity index (χ1v) is 4.46. The Balaban J connectivity index is 2.88. The van der Waals surface area contributed by atoms with Crippen molar-refractivity contribution in [1.29, 1.82) is 0 Å². The molecular formula is C8H14ClN3. The van der Waals surface area contributed by atoms with Crippen LogP contribution in [0.4, 0.5) is 0 Å². The second kappa shape index (κ2) is 3.92. The second-order valence-corrected chi connectivity index (χ2v) is 3.42. The van der Waals surface area contributed by atoms with Gasteiger partial charge in [0.25, 0.3) is 0 Å². The lowest BCUT2D eigenvalue weighted by Gasteiger charge is -2.03. The number of nitrogens with two attached hydrogens (primary N) is 1. The van der Waals surface area contributed by atoms with Crippen LogP contribution in [0.5, 0.6) is 0 Å². The zero-order valence-electron chi connectivity index (χ0n) is 7.42. The molecule has 0 aromatic carbocycles. The molecule has 0 spiro atoms. The van der Waals surface area contributed by atoms with Gasteiger partial charge in [0.05, 0.1) is 12.7 Å². The summed E-state index contributed by atoms with van der Waals surface area (Å²) >= 11 is 6.04. The molecule has 0 atom stereocenters. The van der Waals surface area contributed by atoms with Gasteiger partial charge in [-0.25, -0.2) is 0 Å². The van der Waals surface area contributed by atoms with Crippen molar-refractivity contribution in [1.82, 2.24) is 9.78 Å². The predicted molar refractivity (Wildman–Crippen MR) is 50.4 cm³/mol. The van der Waals surface area contributed by atoms with E-state index in [4.69, 9.17) is 17.3 Å². The lowest BCUT2D eigenvalue weighted by molar-refractivity contribution is 0.625. The van der Waals surface area contributed by atoms with Gasteiger partial charge in [-0.05, 0) is 5.92 Å². The summed E-state index contributed by atoms with van der Waals surface area (Å²) in [4.78, 5) is 0. The van der Waals surface area contributed by atoms with E-state index in [1.165, 1.54) is 0 Å². The van der Waals surface area contributed by atoms with Gasteiger partial charge in [0.2, 0.25) is 0 Å². The van der Waals surface area contributed by atoms with Crippen molar-refractivity contribution in [3.05, 3.63) is 16.9 Å². The van der Waals surface area contributed by atoms with Crippen LogP contribution in [0.1, 0.15) is 25.3 Å². The summed E-state index contributed by atoms with van der Waals surface area (Å²) < 4.78 is 1.73. The van der Waals surface area contributed by atoms with Gasteiger partial charge in [-0.1, -0.05) is 25.4 Å². The van der Waals surface area contributed by atoms with Gasteiger partial charge in [0.1, 0.15) is 5.15 Å². The van der Waals surface area contributed by atoms with Crippen molar-refractivity contribution < 1.29 is 0 Å². The van der Waals surface area contributed by atoms with Gasteiger partial charge >= 0.3 is 0 Å². The average molecular weight is 188 g/mol. The third-order valence-electron chi connectivity index (χ3n) is 1.76. The van der Waals surface area contributed by atoms with Crippen LogP contribution < -0.4 is 5.73 Å². The van der Waals surface area contributed by atoms with E-state index in [-0.39, 0.29) is 0 Å². The Bertz CT molecular complexity index is 255. The van der Waals surface area contributed by atoms with Crippen molar-refractivity contribution in [2.24, 2.45) is 5.73 Å². The molecule has 0 bridgehead atoms. The van der Waals surface area contributed by atoms with Gasteiger partial charge < -0.3 is 5.73 Å². The third kappa shape index (κ3) is 1.79. The fourth-order valence-corrected chi connectivity index (χ4v) is 1.45. The number of nitrogens with zero attached hydrogens (tertiary/aromatic N) is 2. The van der Waals surface area contributed by atoms with E-state index < -0.39 is 0 Å². The Morgan fingerprint density at radius 3 is 2.75 bits per heavy atom. The van der Waals surface area contributed by atoms with Crippen LogP contribution in [-0.4, -0.2) is 16.3 Å². The van der Waals surface area contributed by atoms with Crippen molar-refractivity contribution >= 4 is 11.6 Å². The Morgan fingerprint density at radius 2 is 2.33 bits per heavy atom. The maximum Gasteiger partial charge on any atom is 0.130 e. The van der Waals surface area contributed by atoms with E-state index >= 15 is 0 Å². The molecule has 0 aliphatic rings. The van der Waals surface area contributed by atoms with E-state index in [9.17, 15) is 0 Å². The van der Waals surface area contributed by atoms with E-state index in [0.717, 1.165) is 10.7 Å². The van der Waals surface area contributed by atoms with E-state index in [1.54, 1.807) is 4.68 Å². The zero-order chi connectivity index (χ0) is 9.14. The van der Waals surface area contributed by atoms with Crippen LogP contribution in [0, 0.1) is 0 Å². The van der Waals surface area contributed by atoms with Crippen LogP contribution in [0.25, 0.3) is 0 Å². The summed E-state index contributed by atoms with van der Waals surface area (Å²) in [5.74, 6) is 0.420. The highest BCUT2D eigenvalue weighted by Crippen LogP contribution is 2.23. The molecular weight excluding hydrogens is 174 g/mol. The molecule has 0 aliphatic heterocycles. The molecule has 1 heterocycles. The molecule has 12 heavy (non-hydrogen) atoms. The first kappa shape index (κ1) is 9.55. The average Bonchev–Trinajstić information content (AvgIpc) is 2.34. The van der Waals surface area contributed by atoms with Crippen molar-refractivity contribution in [2.75, 3.05) is 6.54 Å². The van der Waals surface area contributed by atoms with Crippen LogP contribution in [0.15, 0.2) is 6.20 Å². The second-order valence-electron chi connectivity index (χ2n) is 3.06. The highest BCUT2D eigenvalue weighted by atomic mass is 35.5. The van der Waals surface area contributed by atoms with Gasteiger partial charge in [0.15, 0.2) is 0 Å². The highest BCUT2D eigenvalue weighted by Gasteiger charge is 2.10. The van der Waals surface area contributed by atoms with E-state index in [2.05, 4.69) is 18.9 Å². The summed E-state index contributed by atoms with van der Waals surface area (Å²) in [5.41, 5.74) is 6.48. The summed E-state index contributed by atoms with van der Waals surface area (Å²) in [6, 6.07) is 0. The smallest absolute Gasteiger partial charge is 0.130 e. The summed E-state index contributed by atoms with van der Waals surface area (Å²) in [6.07, 6.45) is 1.81. The standard InChI is InChI=1S/C8H14ClN3/c1-6(2)7-5-11-12(4-3-10)8(7)9/h5-6H,3-4,10H2,1-2H3. The first-order valence-electron chi connectivity index (χ1n) is 4.08. The van der Waals surface area contributed by atoms with Gasteiger partial charge in [0, 0.05) is 12.1 Å². The topological polar surface area (TPSA) is 43.8 Å². The molecule has 1 aromatic heterocycles. The first-order chi connectivity index (χ1) is 5.66. The largest absolute Gasteiger partial charge is 0.329 e. The quantitative estimate of drug-likeness (QED) is 0.782. The molecule has 1 rings (SSSR count). The molecule has 4 heteroatoms. The van der Waals surface area contributed by atoms with Crippen molar-refractivity contribution in [2.45, 2.75) is 26.3 Å². The van der Waals surface area contributed by atoms with Crippen LogP contribution in [-0.2, 0) is 6.54 Å². The molecule has 3 nitrogen and oxygen atoms in total. The Kier molecular flexibility index (Phi) is 3.12. The Morgan fingerprint density at radius 1 is 1.67 bits per heavy atom. The number of aromatic nitrogens is 2. The summed E-state index contributed by atoms with van der Waals surface area (Å²) in [5, 5.41) is 4.85. The maximum absolute atomic E-state index is 6.04. The SMILES string of the molecule is CC(C)c1cnn(CCN)c1Cl. The summed E-state index contributed by atoms with van der Waals surface area (Å²) in [6.45, 7) is 5.44. The molecule has 0 saturated heterocycles. The van der Waals surface area contributed by atoms with Gasteiger partial charge in [-0.2, -0.15) is 5.10 Å². The number of halogens is 1. The van der Waals surface area contributed by atoms with E-state index in [1.807, 2.05) is 6.20 Å². The molecule has 0 fully saturated rings. The van der Waals surface area contributed by atoms with Gasteiger partial charge in [-0.3, -0.25) is 4.68 Å². The molecule has 0 amide bonds. The number of rotatable bonds is 3. The lowest BCUT2D eigenvalue weighted by atomic mass is 10.1. The molecule has 1 aromatic rings. The van der Waals surface area contributed by atoms with Gasteiger partial charge in [-0.15, -0.1) is 0 Å². The Hall–Kier alpha value is -0.540. The predicted octanol–water partition coefficient (Wildman–Crippen LogP) is 1.62. The fraction of sp³-hybridized carbons (Fsp3) is 0.625. The fourth-order valence-electron chi connectivity index (χ4n) is 1.05. The van der Waals surface area contributed by atoms with Crippen molar-refractivity contribution in [3.63, 3.8) is 0 Å². The number of hydrogen-bond donors (Lipinski definition) is 1. The molecule has 0 saturated carbocycles. The minimum absolute atomic E-state index is 0.420.